The number of rotatable bonds is 4. The monoisotopic (exact) mass is 250 g/mol. The summed E-state index contributed by atoms with van der Waals surface area (Å²) in [5.41, 5.74) is -1.32. The van der Waals surface area contributed by atoms with Crippen molar-refractivity contribution in [3.63, 3.8) is 0 Å². The number of benzene rings is 1. The van der Waals surface area contributed by atoms with Crippen LogP contribution in [-0.4, -0.2) is 31.1 Å². The highest BCUT2D eigenvalue weighted by atomic mass is 19.4. The van der Waals surface area contributed by atoms with Gasteiger partial charge >= 0.3 is 13.3 Å². The van der Waals surface area contributed by atoms with Gasteiger partial charge in [0.1, 0.15) is 5.75 Å². The molecule has 0 unspecified atom stereocenters. The number of methoxy groups -OCH3 is 1. The van der Waals surface area contributed by atoms with Crippen LogP contribution in [0.5, 0.6) is 5.75 Å². The summed E-state index contributed by atoms with van der Waals surface area (Å²) in [4.78, 5) is 0. The molecule has 4 nitrogen and oxygen atoms in total. The Morgan fingerprint density at radius 3 is 2.35 bits per heavy atom. The molecule has 0 atom stereocenters. The van der Waals surface area contributed by atoms with E-state index in [1.165, 1.54) is 7.11 Å². The van der Waals surface area contributed by atoms with E-state index >= 15 is 0 Å². The summed E-state index contributed by atoms with van der Waals surface area (Å²) >= 11 is 0. The Balaban J connectivity index is 3.10. The molecule has 1 rings (SSSR count). The minimum Gasteiger partial charge on any atom is -0.468 e. The molecular weight excluding hydrogens is 240 g/mol. The summed E-state index contributed by atoms with van der Waals surface area (Å²) in [6, 6.07) is 2.49. The number of ether oxygens (including phenoxy) is 2. The molecule has 0 spiro atoms. The van der Waals surface area contributed by atoms with Crippen molar-refractivity contribution in [3.05, 3.63) is 23.8 Å². The van der Waals surface area contributed by atoms with Gasteiger partial charge in [-0.05, 0) is 23.7 Å². The maximum absolute atomic E-state index is 12.5. The van der Waals surface area contributed by atoms with E-state index in [4.69, 9.17) is 14.8 Å². The van der Waals surface area contributed by atoms with Crippen molar-refractivity contribution in [3.8, 4) is 5.75 Å². The first-order chi connectivity index (χ1) is 7.84. The first-order valence-corrected chi connectivity index (χ1v) is 4.54. The standard InChI is InChI=1S/C9H10BF3O4/c1-16-5-17-8-3-6(9(11,12)13)2-7(4-8)10(14)15/h2-4,14-15H,5H2,1H3. The van der Waals surface area contributed by atoms with Crippen LogP contribution in [0.4, 0.5) is 13.2 Å². The molecule has 2 N–H and O–H groups in total. The zero-order valence-electron chi connectivity index (χ0n) is 8.86. The van der Waals surface area contributed by atoms with E-state index in [2.05, 4.69) is 4.74 Å². The molecule has 0 radical (unpaired) electrons. The third-order valence-electron chi connectivity index (χ3n) is 1.90. The third-order valence-corrected chi connectivity index (χ3v) is 1.90. The molecule has 0 saturated heterocycles. The Bertz CT molecular complexity index is 381. The molecule has 0 aliphatic carbocycles. The maximum atomic E-state index is 12.5. The smallest absolute Gasteiger partial charge is 0.468 e. The van der Waals surface area contributed by atoms with Crippen LogP contribution in [0.15, 0.2) is 18.2 Å². The van der Waals surface area contributed by atoms with Gasteiger partial charge in [-0.25, -0.2) is 0 Å². The van der Waals surface area contributed by atoms with Crippen LogP contribution in [0, 0.1) is 0 Å². The largest absolute Gasteiger partial charge is 0.488 e. The van der Waals surface area contributed by atoms with Crippen molar-refractivity contribution >= 4 is 12.6 Å². The van der Waals surface area contributed by atoms with E-state index in [0.29, 0.717) is 6.07 Å². The predicted molar refractivity (Wildman–Crippen MR) is 53.8 cm³/mol. The van der Waals surface area contributed by atoms with Crippen molar-refractivity contribution in [2.75, 3.05) is 13.9 Å². The fourth-order valence-electron chi connectivity index (χ4n) is 1.15. The average Bonchev–Trinajstić information content (AvgIpc) is 2.24. The van der Waals surface area contributed by atoms with Crippen molar-refractivity contribution in [2.24, 2.45) is 0 Å². The highest BCUT2D eigenvalue weighted by Gasteiger charge is 2.32. The second kappa shape index (κ2) is 5.39. The summed E-state index contributed by atoms with van der Waals surface area (Å²) in [6.45, 7) is -0.234. The lowest BCUT2D eigenvalue weighted by molar-refractivity contribution is -0.137. The summed E-state index contributed by atoms with van der Waals surface area (Å²) in [6.07, 6.45) is -4.59. The quantitative estimate of drug-likeness (QED) is 0.598. The van der Waals surface area contributed by atoms with Gasteiger partial charge < -0.3 is 19.5 Å². The lowest BCUT2D eigenvalue weighted by atomic mass is 9.79. The molecule has 1 aromatic rings. The van der Waals surface area contributed by atoms with E-state index in [1.807, 2.05) is 0 Å². The molecule has 1 aromatic carbocycles. The number of hydrogen-bond acceptors (Lipinski definition) is 4. The average molecular weight is 250 g/mol. The van der Waals surface area contributed by atoms with E-state index < -0.39 is 18.9 Å². The number of halogens is 3. The zero-order chi connectivity index (χ0) is 13.1. The zero-order valence-corrected chi connectivity index (χ0v) is 8.86. The van der Waals surface area contributed by atoms with Gasteiger partial charge in [-0.2, -0.15) is 13.2 Å². The highest BCUT2D eigenvalue weighted by molar-refractivity contribution is 6.58. The van der Waals surface area contributed by atoms with Crippen molar-refractivity contribution in [2.45, 2.75) is 6.18 Å². The SMILES string of the molecule is COCOc1cc(B(O)O)cc(C(F)(F)F)c1. The fraction of sp³-hybridized carbons (Fsp3) is 0.333. The van der Waals surface area contributed by atoms with Gasteiger partial charge in [0.05, 0.1) is 5.56 Å². The molecule has 0 amide bonds. The molecule has 0 aliphatic rings. The molecule has 0 aliphatic heterocycles. The van der Waals surface area contributed by atoms with Gasteiger partial charge in [0.2, 0.25) is 0 Å². The first-order valence-electron chi connectivity index (χ1n) is 4.54. The highest BCUT2D eigenvalue weighted by Crippen LogP contribution is 2.30. The van der Waals surface area contributed by atoms with Crippen LogP contribution in [0.1, 0.15) is 5.56 Å². The molecule has 8 heteroatoms. The second-order valence-electron chi connectivity index (χ2n) is 3.21. The van der Waals surface area contributed by atoms with Crippen molar-refractivity contribution < 1.29 is 32.7 Å². The third kappa shape index (κ3) is 3.92. The van der Waals surface area contributed by atoms with Gasteiger partial charge in [-0.1, -0.05) is 0 Å². The predicted octanol–water partition coefficient (Wildman–Crippen LogP) is 0.368. The molecular formula is C9H10BF3O4. The lowest BCUT2D eigenvalue weighted by Crippen LogP contribution is -2.31. The van der Waals surface area contributed by atoms with Crippen LogP contribution < -0.4 is 10.2 Å². The molecule has 0 saturated carbocycles. The molecule has 94 valence electrons. The Morgan fingerprint density at radius 2 is 1.88 bits per heavy atom. The summed E-state index contributed by atoms with van der Waals surface area (Å²) in [5.74, 6) is -0.148. The summed E-state index contributed by atoms with van der Waals surface area (Å²) in [7, 11) is -0.683. The summed E-state index contributed by atoms with van der Waals surface area (Å²) < 4.78 is 46.8. The van der Waals surface area contributed by atoms with Crippen LogP contribution in [0.3, 0.4) is 0 Å². The molecule has 0 heterocycles. The minimum absolute atomic E-state index is 0.148. The molecule has 0 bridgehead atoms. The number of alkyl halides is 3. The maximum Gasteiger partial charge on any atom is 0.488 e. The molecule has 0 aromatic heterocycles. The van der Waals surface area contributed by atoms with Crippen LogP contribution in [0.2, 0.25) is 0 Å². The van der Waals surface area contributed by atoms with E-state index in [0.717, 1.165) is 12.1 Å². The van der Waals surface area contributed by atoms with Gasteiger partial charge in [0, 0.05) is 7.11 Å². The second-order valence-corrected chi connectivity index (χ2v) is 3.21. The topological polar surface area (TPSA) is 58.9 Å². The minimum atomic E-state index is -4.59. The van der Waals surface area contributed by atoms with E-state index in [-0.39, 0.29) is 18.0 Å². The van der Waals surface area contributed by atoms with Gasteiger partial charge in [-0.3, -0.25) is 0 Å². The fourth-order valence-corrected chi connectivity index (χ4v) is 1.15. The Labute approximate surface area is 95.7 Å². The summed E-state index contributed by atoms with van der Waals surface area (Å²) in [5, 5.41) is 17.7. The normalized spacial score (nSPS) is 11.4. The number of hydrogen-bond donors (Lipinski definition) is 2. The van der Waals surface area contributed by atoms with Gasteiger partial charge in [0.15, 0.2) is 6.79 Å². The Kier molecular flexibility index (Phi) is 4.38. The first kappa shape index (κ1) is 13.8. The lowest BCUT2D eigenvalue weighted by Gasteiger charge is -2.12. The van der Waals surface area contributed by atoms with Crippen LogP contribution >= 0.6 is 0 Å². The van der Waals surface area contributed by atoms with E-state index in [9.17, 15) is 13.2 Å². The molecule has 17 heavy (non-hydrogen) atoms. The Morgan fingerprint density at radius 1 is 1.24 bits per heavy atom. The van der Waals surface area contributed by atoms with Crippen molar-refractivity contribution in [1.29, 1.82) is 0 Å². The van der Waals surface area contributed by atoms with E-state index in [1.54, 1.807) is 0 Å². The Hall–Kier alpha value is -1.25. The van der Waals surface area contributed by atoms with Gasteiger partial charge in [0.25, 0.3) is 0 Å². The van der Waals surface area contributed by atoms with Crippen LogP contribution in [0.25, 0.3) is 0 Å². The van der Waals surface area contributed by atoms with Crippen LogP contribution in [-0.2, 0) is 10.9 Å². The molecule has 0 fully saturated rings. The van der Waals surface area contributed by atoms with Gasteiger partial charge in [-0.15, -0.1) is 0 Å². The van der Waals surface area contributed by atoms with Crippen molar-refractivity contribution in [1.82, 2.24) is 0 Å².